The predicted molar refractivity (Wildman–Crippen MR) is 98.9 cm³/mol. The van der Waals surface area contributed by atoms with Crippen molar-refractivity contribution in [3.05, 3.63) is 53.2 Å². The van der Waals surface area contributed by atoms with E-state index in [-0.39, 0.29) is 11.9 Å². The largest absolute Gasteiger partial charge is 0.382 e. The number of ether oxygens (including phenoxy) is 1. The molecular formula is C19H21N3O2S. The van der Waals surface area contributed by atoms with Crippen LogP contribution in [0, 0.1) is 0 Å². The number of thiophene rings is 1. The number of hydrogen-bond acceptors (Lipinski definition) is 4. The van der Waals surface area contributed by atoms with E-state index < -0.39 is 0 Å². The molecule has 2 aromatic heterocycles. The van der Waals surface area contributed by atoms with E-state index in [4.69, 9.17) is 4.74 Å². The number of fused-ring (bicyclic) bond motifs is 2. The first-order chi connectivity index (χ1) is 12.3. The molecule has 3 aromatic rings. The first-order valence-electron chi connectivity index (χ1n) is 8.64. The minimum Gasteiger partial charge on any atom is -0.382 e. The summed E-state index contributed by atoms with van der Waals surface area (Å²) in [7, 11) is 0. The molecule has 3 heterocycles. The molecule has 0 saturated heterocycles. The first-order valence-corrected chi connectivity index (χ1v) is 9.46. The Bertz CT molecular complexity index is 853. The van der Waals surface area contributed by atoms with Crippen molar-refractivity contribution in [3.63, 3.8) is 0 Å². The van der Waals surface area contributed by atoms with Gasteiger partial charge in [-0.05, 0) is 36.9 Å². The Morgan fingerprint density at radius 2 is 2.24 bits per heavy atom. The van der Waals surface area contributed by atoms with E-state index in [1.807, 2.05) is 47.0 Å². The molecule has 1 amide bonds. The van der Waals surface area contributed by atoms with Crippen molar-refractivity contribution in [3.8, 4) is 0 Å². The van der Waals surface area contributed by atoms with Crippen molar-refractivity contribution in [1.82, 2.24) is 14.7 Å². The molecule has 6 heteroatoms. The van der Waals surface area contributed by atoms with Crippen LogP contribution in [-0.4, -0.2) is 40.3 Å². The maximum absolute atomic E-state index is 13.1. The van der Waals surface area contributed by atoms with E-state index in [1.165, 1.54) is 0 Å². The number of carbonyl (C=O) groups excluding carboxylic acids is 1. The zero-order valence-corrected chi connectivity index (χ0v) is 15.0. The first kappa shape index (κ1) is 16.3. The Morgan fingerprint density at radius 3 is 3.08 bits per heavy atom. The standard InChI is InChI=1S/C19H21N3O2S/c1-2-24-10-8-16-13-21(12-15-7-9-20-22(15)16)19(23)18-11-14-5-3-4-6-17(14)25-18/h3-7,9,11,16H,2,8,10,12-13H2,1H3. The van der Waals surface area contributed by atoms with Gasteiger partial charge in [0.05, 0.1) is 23.2 Å². The van der Waals surface area contributed by atoms with Crippen LogP contribution in [0.2, 0.25) is 0 Å². The summed E-state index contributed by atoms with van der Waals surface area (Å²) in [6.07, 6.45) is 2.68. The summed E-state index contributed by atoms with van der Waals surface area (Å²) in [5, 5.41) is 5.57. The minimum absolute atomic E-state index is 0.107. The fraction of sp³-hybridized carbons (Fsp3) is 0.368. The van der Waals surface area contributed by atoms with E-state index in [9.17, 15) is 4.79 Å². The molecule has 1 unspecified atom stereocenters. The van der Waals surface area contributed by atoms with E-state index in [2.05, 4.69) is 17.2 Å². The van der Waals surface area contributed by atoms with E-state index in [1.54, 1.807) is 11.3 Å². The number of carbonyl (C=O) groups is 1. The molecule has 4 rings (SSSR count). The summed E-state index contributed by atoms with van der Waals surface area (Å²) in [5.41, 5.74) is 1.09. The Kier molecular flexibility index (Phi) is 4.55. The Morgan fingerprint density at radius 1 is 1.36 bits per heavy atom. The van der Waals surface area contributed by atoms with Gasteiger partial charge in [-0.2, -0.15) is 5.10 Å². The molecule has 0 fully saturated rings. The molecule has 1 aliphatic rings. The van der Waals surface area contributed by atoms with Gasteiger partial charge >= 0.3 is 0 Å². The highest BCUT2D eigenvalue weighted by Gasteiger charge is 2.29. The van der Waals surface area contributed by atoms with E-state index >= 15 is 0 Å². The van der Waals surface area contributed by atoms with Gasteiger partial charge < -0.3 is 9.64 Å². The van der Waals surface area contributed by atoms with Gasteiger partial charge in [-0.3, -0.25) is 9.48 Å². The molecule has 0 radical (unpaired) electrons. The second kappa shape index (κ2) is 6.98. The molecule has 1 atom stereocenters. The lowest BCUT2D eigenvalue weighted by atomic mass is 10.1. The van der Waals surface area contributed by atoms with Gasteiger partial charge in [0, 0.05) is 30.7 Å². The minimum atomic E-state index is 0.107. The number of benzene rings is 1. The maximum Gasteiger partial charge on any atom is 0.264 e. The van der Waals surface area contributed by atoms with Crippen LogP contribution in [0.1, 0.15) is 34.8 Å². The van der Waals surface area contributed by atoms with Crippen molar-refractivity contribution in [2.75, 3.05) is 19.8 Å². The van der Waals surface area contributed by atoms with Gasteiger partial charge in [0.25, 0.3) is 5.91 Å². The highest BCUT2D eigenvalue weighted by molar-refractivity contribution is 7.20. The van der Waals surface area contributed by atoms with Gasteiger partial charge in [0.2, 0.25) is 0 Å². The summed E-state index contributed by atoms with van der Waals surface area (Å²) in [6, 6.07) is 12.3. The SMILES string of the molecule is CCOCCC1CN(C(=O)c2cc3ccccc3s2)Cc2ccnn21. The zero-order valence-electron chi connectivity index (χ0n) is 14.2. The molecule has 130 valence electrons. The molecule has 1 aromatic carbocycles. The van der Waals surface area contributed by atoms with Gasteiger partial charge in [0.15, 0.2) is 0 Å². The number of hydrogen-bond donors (Lipinski definition) is 0. The molecular weight excluding hydrogens is 334 g/mol. The van der Waals surface area contributed by atoms with Crippen LogP contribution in [-0.2, 0) is 11.3 Å². The molecule has 1 aliphatic heterocycles. The van der Waals surface area contributed by atoms with Crippen molar-refractivity contribution in [2.45, 2.75) is 25.9 Å². The van der Waals surface area contributed by atoms with Gasteiger partial charge in [0.1, 0.15) is 0 Å². The summed E-state index contributed by atoms with van der Waals surface area (Å²) < 4.78 is 8.71. The Balaban J connectivity index is 1.56. The number of aromatic nitrogens is 2. The quantitative estimate of drug-likeness (QED) is 0.655. The topological polar surface area (TPSA) is 47.4 Å². The lowest BCUT2D eigenvalue weighted by molar-refractivity contribution is 0.0630. The maximum atomic E-state index is 13.1. The Hall–Kier alpha value is -2.18. The highest BCUT2D eigenvalue weighted by Crippen LogP contribution is 2.29. The fourth-order valence-corrected chi connectivity index (χ4v) is 4.39. The smallest absolute Gasteiger partial charge is 0.264 e. The molecule has 0 saturated carbocycles. The van der Waals surface area contributed by atoms with Gasteiger partial charge in [-0.1, -0.05) is 18.2 Å². The normalized spacial score (nSPS) is 17.0. The molecule has 5 nitrogen and oxygen atoms in total. The van der Waals surface area contributed by atoms with Gasteiger partial charge in [-0.25, -0.2) is 0 Å². The summed E-state index contributed by atoms with van der Waals surface area (Å²) in [5.74, 6) is 0.107. The molecule has 0 bridgehead atoms. The summed E-state index contributed by atoms with van der Waals surface area (Å²) in [6.45, 7) is 4.68. The second-order valence-corrected chi connectivity index (χ2v) is 7.32. The monoisotopic (exact) mass is 355 g/mol. The highest BCUT2D eigenvalue weighted by atomic mass is 32.1. The fourth-order valence-electron chi connectivity index (χ4n) is 3.36. The van der Waals surface area contributed by atoms with E-state index in [0.29, 0.717) is 26.3 Å². The second-order valence-electron chi connectivity index (χ2n) is 6.24. The predicted octanol–water partition coefficient (Wildman–Crippen LogP) is 3.72. The zero-order chi connectivity index (χ0) is 17.2. The molecule has 0 N–H and O–H groups in total. The third kappa shape index (κ3) is 3.19. The van der Waals surface area contributed by atoms with Crippen LogP contribution in [0.15, 0.2) is 42.6 Å². The average Bonchev–Trinajstić information content (AvgIpc) is 3.27. The Labute approximate surface area is 150 Å². The van der Waals surface area contributed by atoms with E-state index in [0.717, 1.165) is 27.1 Å². The lowest BCUT2D eigenvalue weighted by Gasteiger charge is -2.33. The van der Waals surface area contributed by atoms with Crippen LogP contribution in [0.3, 0.4) is 0 Å². The average molecular weight is 355 g/mol. The molecule has 0 aliphatic carbocycles. The summed E-state index contributed by atoms with van der Waals surface area (Å²) in [4.78, 5) is 15.8. The van der Waals surface area contributed by atoms with Crippen molar-refractivity contribution in [2.24, 2.45) is 0 Å². The molecule has 25 heavy (non-hydrogen) atoms. The summed E-state index contributed by atoms with van der Waals surface area (Å²) >= 11 is 1.57. The third-order valence-corrected chi connectivity index (χ3v) is 5.71. The van der Waals surface area contributed by atoms with Crippen LogP contribution >= 0.6 is 11.3 Å². The number of amides is 1. The van der Waals surface area contributed by atoms with Crippen LogP contribution in [0.4, 0.5) is 0 Å². The number of nitrogens with zero attached hydrogens (tertiary/aromatic N) is 3. The van der Waals surface area contributed by atoms with Crippen molar-refractivity contribution >= 4 is 27.3 Å². The van der Waals surface area contributed by atoms with Crippen LogP contribution < -0.4 is 0 Å². The van der Waals surface area contributed by atoms with Crippen LogP contribution in [0.25, 0.3) is 10.1 Å². The van der Waals surface area contributed by atoms with Crippen molar-refractivity contribution in [1.29, 1.82) is 0 Å². The lowest BCUT2D eigenvalue weighted by Crippen LogP contribution is -2.41. The number of rotatable bonds is 5. The van der Waals surface area contributed by atoms with Crippen LogP contribution in [0.5, 0.6) is 0 Å². The van der Waals surface area contributed by atoms with Gasteiger partial charge in [-0.15, -0.1) is 11.3 Å². The molecule has 0 spiro atoms. The third-order valence-electron chi connectivity index (χ3n) is 4.61. The van der Waals surface area contributed by atoms with Crippen molar-refractivity contribution < 1.29 is 9.53 Å².